The normalized spacial score (nSPS) is 11.8. The van der Waals surface area contributed by atoms with Crippen molar-refractivity contribution >= 4 is 11.9 Å². The predicted octanol–water partition coefficient (Wildman–Crippen LogP) is 1.33. The molecule has 1 rings (SSSR count). The number of carbonyl (C=O) groups excluding carboxylic acids is 2. The number of carbonyl (C=O) groups is 2. The first kappa shape index (κ1) is 15.9. The Morgan fingerprint density at radius 1 is 1.40 bits per heavy atom. The van der Waals surface area contributed by atoms with E-state index < -0.39 is 11.6 Å². The number of ether oxygens (including phenoxy) is 1. The first-order chi connectivity index (χ1) is 9.35. The van der Waals surface area contributed by atoms with Crippen molar-refractivity contribution in [2.45, 2.75) is 40.2 Å². The molecule has 0 aromatic carbocycles. The Labute approximate surface area is 117 Å². The van der Waals surface area contributed by atoms with Gasteiger partial charge in [-0.1, -0.05) is 6.92 Å². The van der Waals surface area contributed by atoms with Crippen LogP contribution in [-0.2, 0) is 9.53 Å². The molecule has 0 radical (unpaired) electrons. The molecular formula is C14H19NO5. The Kier molecular flexibility index (Phi) is 5.49. The van der Waals surface area contributed by atoms with Gasteiger partial charge in [0.1, 0.15) is 11.3 Å². The first-order valence-electron chi connectivity index (χ1n) is 6.43. The molecule has 1 aromatic rings. The summed E-state index contributed by atoms with van der Waals surface area (Å²) in [4.78, 5) is 34.5. The summed E-state index contributed by atoms with van der Waals surface area (Å²) in [5, 5.41) is 2.69. The van der Waals surface area contributed by atoms with Gasteiger partial charge in [-0.2, -0.15) is 0 Å². The molecule has 6 nitrogen and oxygen atoms in total. The van der Waals surface area contributed by atoms with Crippen molar-refractivity contribution in [3.63, 3.8) is 0 Å². The number of esters is 1. The maximum atomic E-state index is 11.9. The minimum absolute atomic E-state index is 0.0272. The van der Waals surface area contributed by atoms with Crippen LogP contribution in [0.5, 0.6) is 0 Å². The average molecular weight is 281 g/mol. The van der Waals surface area contributed by atoms with Gasteiger partial charge in [0.25, 0.3) is 5.91 Å². The highest BCUT2D eigenvalue weighted by molar-refractivity contribution is 5.93. The van der Waals surface area contributed by atoms with E-state index in [0.29, 0.717) is 5.56 Å². The Balaban J connectivity index is 2.69. The molecule has 1 aromatic heterocycles. The van der Waals surface area contributed by atoms with Gasteiger partial charge in [0.15, 0.2) is 6.61 Å². The van der Waals surface area contributed by atoms with Crippen LogP contribution in [0.3, 0.4) is 0 Å². The lowest BCUT2D eigenvalue weighted by Crippen LogP contribution is -2.35. The van der Waals surface area contributed by atoms with Crippen molar-refractivity contribution in [2.24, 2.45) is 0 Å². The highest BCUT2D eigenvalue weighted by Gasteiger charge is 2.18. The summed E-state index contributed by atoms with van der Waals surface area (Å²) in [5.41, 5.74) is 0.123. The van der Waals surface area contributed by atoms with E-state index in [0.717, 1.165) is 6.42 Å². The van der Waals surface area contributed by atoms with Gasteiger partial charge in [-0.25, -0.2) is 9.59 Å². The van der Waals surface area contributed by atoms with E-state index >= 15 is 0 Å². The molecule has 0 aliphatic rings. The highest BCUT2D eigenvalue weighted by Crippen LogP contribution is 2.12. The molecule has 0 aliphatic carbocycles. The molecule has 1 atom stereocenters. The summed E-state index contributed by atoms with van der Waals surface area (Å²) in [6.07, 6.45) is 0.793. The lowest BCUT2D eigenvalue weighted by molar-refractivity contribution is -0.124. The van der Waals surface area contributed by atoms with Gasteiger partial charge >= 0.3 is 11.6 Å². The zero-order chi connectivity index (χ0) is 15.3. The van der Waals surface area contributed by atoms with E-state index in [1.54, 1.807) is 6.92 Å². The van der Waals surface area contributed by atoms with Crippen molar-refractivity contribution in [3.05, 3.63) is 33.4 Å². The monoisotopic (exact) mass is 281 g/mol. The van der Waals surface area contributed by atoms with Crippen LogP contribution in [0.25, 0.3) is 0 Å². The quantitative estimate of drug-likeness (QED) is 0.823. The Morgan fingerprint density at radius 2 is 2.05 bits per heavy atom. The summed E-state index contributed by atoms with van der Waals surface area (Å²) in [7, 11) is 0. The minimum Gasteiger partial charge on any atom is -0.452 e. The van der Waals surface area contributed by atoms with Gasteiger partial charge in [-0.15, -0.1) is 0 Å². The molecule has 0 fully saturated rings. The number of hydrogen-bond donors (Lipinski definition) is 1. The third-order valence-electron chi connectivity index (χ3n) is 2.89. The zero-order valence-electron chi connectivity index (χ0n) is 12.1. The fourth-order valence-electron chi connectivity index (χ4n) is 1.68. The van der Waals surface area contributed by atoms with Gasteiger partial charge in [-0.05, 0) is 32.8 Å². The van der Waals surface area contributed by atoms with Crippen molar-refractivity contribution in [1.82, 2.24) is 5.32 Å². The maximum Gasteiger partial charge on any atom is 0.342 e. The molecule has 0 spiro atoms. The van der Waals surface area contributed by atoms with E-state index in [1.807, 2.05) is 13.8 Å². The third-order valence-corrected chi connectivity index (χ3v) is 2.89. The Hall–Kier alpha value is -2.11. The lowest BCUT2D eigenvalue weighted by Gasteiger charge is -2.12. The number of aryl methyl sites for hydroxylation is 2. The molecule has 0 aliphatic heterocycles. The second-order valence-electron chi connectivity index (χ2n) is 4.63. The second-order valence-corrected chi connectivity index (χ2v) is 4.63. The molecule has 0 bridgehead atoms. The van der Waals surface area contributed by atoms with Crippen molar-refractivity contribution in [3.8, 4) is 0 Å². The van der Waals surface area contributed by atoms with Gasteiger partial charge in [-0.3, -0.25) is 4.79 Å². The Bertz CT molecular complexity index is 535. The van der Waals surface area contributed by atoms with Crippen LogP contribution in [0, 0.1) is 13.8 Å². The van der Waals surface area contributed by atoms with E-state index in [2.05, 4.69) is 5.32 Å². The largest absolute Gasteiger partial charge is 0.452 e. The third kappa shape index (κ3) is 4.22. The smallest absolute Gasteiger partial charge is 0.342 e. The van der Waals surface area contributed by atoms with E-state index in [4.69, 9.17) is 9.15 Å². The summed E-state index contributed by atoms with van der Waals surface area (Å²) in [6, 6.07) is 1.24. The van der Waals surface area contributed by atoms with Gasteiger partial charge in [0.05, 0.1) is 0 Å². The second kappa shape index (κ2) is 6.88. The Morgan fingerprint density at radius 3 is 2.60 bits per heavy atom. The average Bonchev–Trinajstić information content (AvgIpc) is 2.34. The predicted molar refractivity (Wildman–Crippen MR) is 72.6 cm³/mol. The van der Waals surface area contributed by atoms with Gasteiger partial charge in [0, 0.05) is 12.1 Å². The molecule has 6 heteroatoms. The van der Waals surface area contributed by atoms with Crippen molar-refractivity contribution in [1.29, 1.82) is 0 Å². The topological polar surface area (TPSA) is 85.6 Å². The SMILES string of the molecule is CC[C@@H](C)NC(=O)COC(=O)c1c(C)cc(=O)oc1C. The molecule has 0 saturated carbocycles. The van der Waals surface area contributed by atoms with Gasteiger partial charge in [0.2, 0.25) is 0 Å². The molecule has 110 valence electrons. The molecule has 20 heavy (non-hydrogen) atoms. The van der Waals surface area contributed by atoms with E-state index in [-0.39, 0.29) is 29.9 Å². The standard InChI is InChI=1S/C14H19NO5/c1-5-9(3)15-11(16)7-19-14(18)13-8(2)6-12(17)20-10(13)4/h6,9H,5,7H2,1-4H3,(H,15,16)/t9-/m1/s1. The fraction of sp³-hybridized carbons (Fsp3) is 0.500. The van der Waals surface area contributed by atoms with E-state index in [1.165, 1.54) is 13.0 Å². The van der Waals surface area contributed by atoms with Gasteiger partial charge < -0.3 is 14.5 Å². The molecule has 1 N–H and O–H groups in total. The summed E-state index contributed by atoms with van der Waals surface area (Å²) < 4.78 is 9.77. The number of amides is 1. The van der Waals surface area contributed by atoms with Crippen LogP contribution in [0.1, 0.15) is 41.9 Å². The molecule has 1 heterocycles. The maximum absolute atomic E-state index is 11.9. The summed E-state index contributed by atoms with van der Waals surface area (Å²) >= 11 is 0. The summed E-state index contributed by atoms with van der Waals surface area (Å²) in [5.74, 6) is -0.856. The molecule has 0 unspecified atom stereocenters. The molecule has 1 amide bonds. The van der Waals surface area contributed by atoms with Crippen molar-refractivity contribution < 1.29 is 18.7 Å². The van der Waals surface area contributed by atoms with Crippen LogP contribution >= 0.6 is 0 Å². The van der Waals surface area contributed by atoms with Crippen LogP contribution in [0.4, 0.5) is 0 Å². The minimum atomic E-state index is -0.678. The first-order valence-corrected chi connectivity index (χ1v) is 6.43. The zero-order valence-corrected chi connectivity index (χ0v) is 12.1. The van der Waals surface area contributed by atoms with E-state index in [9.17, 15) is 14.4 Å². The van der Waals surface area contributed by atoms with Crippen LogP contribution in [0.15, 0.2) is 15.3 Å². The van der Waals surface area contributed by atoms with Crippen LogP contribution in [-0.4, -0.2) is 24.5 Å². The number of rotatable bonds is 5. The van der Waals surface area contributed by atoms with Crippen LogP contribution in [0.2, 0.25) is 0 Å². The number of hydrogen-bond acceptors (Lipinski definition) is 5. The fourth-order valence-corrected chi connectivity index (χ4v) is 1.68. The lowest BCUT2D eigenvalue weighted by atomic mass is 10.1. The molecular weight excluding hydrogens is 262 g/mol. The number of nitrogens with one attached hydrogen (secondary N) is 1. The van der Waals surface area contributed by atoms with Crippen LogP contribution < -0.4 is 10.9 Å². The highest BCUT2D eigenvalue weighted by atomic mass is 16.5. The molecule has 0 saturated heterocycles. The van der Waals surface area contributed by atoms with Crippen molar-refractivity contribution in [2.75, 3.05) is 6.61 Å². The summed E-state index contributed by atoms with van der Waals surface area (Å²) in [6.45, 7) is 6.56.